The Bertz CT molecular complexity index is 388. The van der Waals surface area contributed by atoms with E-state index in [0.29, 0.717) is 0 Å². The van der Waals surface area contributed by atoms with Crippen LogP contribution in [-0.4, -0.2) is 5.16 Å². The van der Waals surface area contributed by atoms with Crippen molar-refractivity contribution < 1.29 is 4.52 Å². The number of nitrogens with one attached hydrogen (secondary N) is 1. The first-order valence-corrected chi connectivity index (χ1v) is 5.54. The molecule has 0 amide bonds. The van der Waals surface area contributed by atoms with Crippen LogP contribution in [0.5, 0.6) is 0 Å². The van der Waals surface area contributed by atoms with Gasteiger partial charge >= 0.3 is 0 Å². The van der Waals surface area contributed by atoms with Gasteiger partial charge in [0.25, 0.3) is 0 Å². The Labute approximate surface area is 94.1 Å². The smallest absolute Gasteiger partial charge is 0.179 e. The van der Waals surface area contributed by atoms with Crippen LogP contribution in [0.1, 0.15) is 0 Å². The maximum Gasteiger partial charge on any atom is 0.179 e. The lowest BCUT2D eigenvalue weighted by Crippen LogP contribution is -1.85. The third kappa shape index (κ3) is 2.52. The highest BCUT2D eigenvalue weighted by molar-refractivity contribution is 9.10. The Kier molecular flexibility index (Phi) is 3.10. The maximum absolute atomic E-state index is 4.69. The average Bonchev–Trinajstić information content (AvgIpc) is 2.70. The molecule has 0 atom stereocenters. The van der Waals surface area contributed by atoms with E-state index in [4.69, 9.17) is 0 Å². The average molecular weight is 271 g/mol. The number of benzene rings is 1. The number of rotatable bonds is 3. The molecule has 0 aliphatic rings. The minimum absolute atomic E-state index is 0.720. The molecule has 5 heteroatoms. The number of hydrogen-bond donors (Lipinski definition) is 1. The molecule has 1 aromatic heterocycles. The van der Waals surface area contributed by atoms with Crippen molar-refractivity contribution >= 4 is 33.7 Å². The molecule has 1 aromatic carbocycles. The van der Waals surface area contributed by atoms with E-state index in [1.54, 1.807) is 6.07 Å². The van der Waals surface area contributed by atoms with Crippen molar-refractivity contribution in [3.63, 3.8) is 0 Å². The molecular formula is C9H7BrN2OS. The monoisotopic (exact) mass is 270 g/mol. The van der Waals surface area contributed by atoms with Crippen LogP contribution < -0.4 is 4.72 Å². The molecule has 0 bridgehead atoms. The summed E-state index contributed by atoms with van der Waals surface area (Å²) < 4.78 is 8.82. The molecule has 0 aliphatic heterocycles. The number of hydrogen-bond acceptors (Lipinski definition) is 4. The maximum atomic E-state index is 4.69. The largest absolute Gasteiger partial charge is 0.363 e. The summed E-state index contributed by atoms with van der Waals surface area (Å²) in [5.74, 6) is 0.720. The van der Waals surface area contributed by atoms with Gasteiger partial charge in [0.05, 0.1) is 0 Å². The van der Waals surface area contributed by atoms with Crippen molar-refractivity contribution in [2.24, 2.45) is 0 Å². The highest BCUT2D eigenvalue weighted by Crippen LogP contribution is 2.21. The molecule has 0 fully saturated rings. The van der Waals surface area contributed by atoms with Gasteiger partial charge in [-0.1, -0.05) is 21.1 Å². The van der Waals surface area contributed by atoms with E-state index in [1.165, 1.54) is 18.2 Å². The predicted molar refractivity (Wildman–Crippen MR) is 60.1 cm³/mol. The van der Waals surface area contributed by atoms with E-state index in [-0.39, 0.29) is 0 Å². The third-order valence-corrected chi connectivity index (χ3v) is 2.87. The van der Waals surface area contributed by atoms with Crippen molar-refractivity contribution in [2.75, 3.05) is 4.72 Å². The third-order valence-electron chi connectivity index (χ3n) is 1.52. The Balaban J connectivity index is 1.95. The van der Waals surface area contributed by atoms with Crippen LogP contribution in [0, 0.1) is 0 Å². The molecule has 2 aromatic rings. The Morgan fingerprint density at radius 1 is 1.21 bits per heavy atom. The van der Waals surface area contributed by atoms with E-state index < -0.39 is 0 Å². The zero-order chi connectivity index (χ0) is 9.80. The Hall–Kier alpha value is -0.940. The van der Waals surface area contributed by atoms with Crippen LogP contribution in [-0.2, 0) is 0 Å². The molecule has 0 saturated carbocycles. The van der Waals surface area contributed by atoms with E-state index in [9.17, 15) is 0 Å². The highest BCUT2D eigenvalue weighted by Gasteiger charge is 1.96. The molecule has 3 nitrogen and oxygen atoms in total. The summed E-state index contributed by atoms with van der Waals surface area (Å²) in [7, 11) is 0. The normalized spacial score (nSPS) is 10.1. The standard InChI is InChI=1S/C9H7BrN2OS/c10-7-1-3-8(4-2-7)14-12-9-5-6-13-11-9/h1-6H,(H,11,12). The molecule has 14 heavy (non-hydrogen) atoms. The van der Waals surface area contributed by atoms with Gasteiger partial charge in [-0.25, -0.2) is 0 Å². The fraction of sp³-hybridized carbons (Fsp3) is 0. The van der Waals surface area contributed by atoms with Crippen molar-refractivity contribution in [1.82, 2.24) is 5.16 Å². The quantitative estimate of drug-likeness (QED) is 0.866. The minimum atomic E-state index is 0.720. The Morgan fingerprint density at radius 3 is 2.64 bits per heavy atom. The topological polar surface area (TPSA) is 38.1 Å². The molecule has 72 valence electrons. The van der Waals surface area contributed by atoms with Crippen LogP contribution in [0.15, 0.2) is 50.5 Å². The summed E-state index contributed by atoms with van der Waals surface area (Å²) in [4.78, 5) is 1.12. The van der Waals surface area contributed by atoms with Crippen LogP contribution >= 0.6 is 27.9 Å². The zero-order valence-corrected chi connectivity index (χ0v) is 9.51. The van der Waals surface area contributed by atoms with Crippen molar-refractivity contribution in [3.8, 4) is 0 Å². The first-order valence-electron chi connectivity index (χ1n) is 3.93. The fourth-order valence-corrected chi connectivity index (χ4v) is 1.74. The Morgan fingerprint density at radius 2 is 2.00 bits per heavy atom. The second kappa shape index (κ2) is 4.52. The van der Waals surface area contributed by atoms with Crippen LogP contribution in [0.3, 0.4) is 0 Å². The SMILES string of the molecule is Brc1ccc(SNc2ccon2)cc1. The molecule has 1 N–H and O–H groups in total. The van der Waals surface area contributed by atoms with Crippen LogP contribution in [0.25, 0.3) is 0 Å². The molecule has 0 saturated heterocycles. The van der Waals surface area contributed by atoms with Crippen molar-refractivity contribution in [2.45, 2.75) is 4.90 Å². The molecule has 0 aliphatic carbocycles. The molecule has 1 heterocycles. The first-order chi connectivity index (χ1) is 6.84. The summed E-state index contributed by atoms with van der Waals surface area (Å²) in [5.41, 5.74) is 0. The van der Waals surface area contributed by atoms with Crippen molar-refractivity contribution in [3.05, 3.63) is 41.1 Å². The summed E-state index contributed by atoms with van der Waals surface area (Å²) in [6.45, 7) is 0. The van der Waals surface area contributed by atoms with Crippen LogP contribution in [0.4, 0.5) is 5.82 Å². The fourth-order valence-electron chi connectivity index (χ4n) is 0.879. The summed E-state index contributed by atoms with van der Waals surface area (Å²) in [6.07, 6.45) is 1.53. The van der Waals surface area contributed by atoms with Gasteiger partial charge in [0, 0.05) is 15.4 Å². The number of halogens is 1. The number of anilines is 1. The lowest BCUT2D eigenvalue weighted by Gasteiger charge is -2.00. The summed E-state index contributed by atoms with van der Waals surface area (Å²) in [6, 6.07) is 9.79. The first kappa shape index (κ1) is 9.61. The lowest BCUT2D eigenvalue weighted by atomic mass is 10.4. The van der Waals surface area contributed by atoms with Gasteiger partial charge in [-0.2, -0.15) is 0 Å². The van der Waals surface area contributed by atoms with Gasteiger partial charge in [0.15, 0.2) is 5.82 Å². The van der Waals surface area contributed by atoms with E-state index >= 15 is 0 Å². The zero-order valence-electron chi connectivity index (χ0n) is 7.11. The molecule has 0 radical (unpaired) electrons. The second-order valence-electron chi connectivity index (χ2n) is 2.54. The second-order valence-corrected chi connectivity index (χ2v) is 4.34. The van der Waals surface area contributed by atoms with Crippen LogP contribution in [0.2, 0.25) is 0 Å². The number of nitrogens with zero attached hydrogens (tertiary/aromatic N) is 1. The van der Waals surface area contributed by atoms with E-state index in [1.807, 2.05) is 24.3 Å². The molecule has 0 unspecified atom stereocenters. The molecular weight excluding hydrogens is 264 g/mol. The lowest BCUT2D eigenvalue weighted by molar-refractivity contribution is 0.423. The van der Waals surface area contributed by atoms with E-state index in [2.05, 4.69) is 30.3 Å². The van der Waals surface area contributed by atoms with Gasteiger partial charge < -0.3 is 9.25 Å². The van der Waals surface area contributed by atoms with Gasteiger partial charge in [-0.3, -0.25) is 0 Å². The van der Waals surface area contributed by atoms with E-state index in [0.717, 1.165) is 15.2 Å². The highest BCUT2D eigenvalue weighted by atomic mass is 79.9. The van der Waals surface area contributed by atoms with Gasteiger partial charge in [-0.15, -0.1) is 0 Å². The summed E-state index contributed by atoms with van der Waals surface area (Å²) >= 11 is 4.87. The molecule has 2 rings (SSSR count). The van der Waals surface area contributed by atoms with Gasteiger partial charge in [-0.05, 0) is 36.2 Å². The number of aromatic nitrogens is 1. The minimum Gasteiger partial charge on any atom is -0.363 e. The van der Waals surface area contributed by atoms with Crippen molar-refractivity contribution in [1.29, 1.82) is 0 Å². The van der Waals surface area contributed by atoms with Gasteiger partial charge in [0.1, 0.15) is 6.26 Å². The predicted octanol–water partition coefficient (Wildman–Crippen LogP) is 3.56. The van der Waals surface area contributed by atoms with Gasteiger partial charge in [0.2, 0.25) is 0 Å². The molecule has 0 spiro atoms. The summed E-state index contributed by atoms with van der Waals surface area (Å²) in [5, 5.41) is 3.73.